The summed E-state index contributed by atoms with van der Waals surface area (Å²) in [6.45, 7) is 1.54. The molecule has 1 amide bonds. The second-order valence-electron chi connectivity index (χ2n) is 4.18. The van der Waals surface area contributed by atoms with E-state index >= 15 is 0 Å². The summed E-state index contributed by atoms with van der Waals surface area (Å²) in [6.07, 6.45) is 0. The molecule has 0 unspecified atom stereocenters. The lowest BCUT2D eigenvalue weighted by Gasteiger charge is -2.04. The number of hydrogen-bond acceptors (Lipinski definition) is 5. The number of carboxylic acids is 1. The highest BCUT2D eigenvalue weighted by atomic mass is 32.1. The van der Waals surface area contributed by atoms with Gasteiger partial charge in [0.25, 0.3) is 11.6 Å². The highest BCUT2D eigenvalue weighted by molar-refractivity contribution is 7.18. The fourth-order valence-electron chi connectivity index (χ4n) is 1.71. The maximum Gasteiger partial charge on any atom is 0.345 e. The molecule has 108 valence electrons. The van der Waals surface area contributed by atoms with E-state index in [1.807, 2.05) is 0 Å². The number of carboxylic acid groups (broad SMARTS) is 1. The minimum absolute atomic E-state index is 0.0594. The average Bonchev–Trinajstić information content (AvgIpc) is 2.86. The van der Waals surface area contributed by atoms with E-state index in [4.69, 9.17) is 5.11 Å². The third-order valence-corrected chi connectivity index (χ3v) is 3.70. The van der Waals surface area contributed by atoms with Gasteiger partial charge in [-0.15, -0.1) is 11.3 Å². The Hall–Kier alpha value is -2.74. The molecule has 8 heteroatoms. The number of nitrogens with zero attached hydrogens (tertiary/aromatic N) is 1. The first-order chi connectivity index (χ1) is 9.88. The number of amides is 1. The topological polar surface area (TPSA) is 110 Å². The van der Waals surface area contributed by atoms with E-state index < -0.39 is 16.8 Å². The molecule has 0 fully saturated rings. The molecule has 0 saturated heterocycles. The Balaban J connectivity index is 2.18. The van der Waals surface area contributed by atoms with Crippen LogP contribution in [0.1, 0.15) is 25.6 Å². The minimum atomic E-state index is -1.06. The van der Waals surface area contributed by atoms with Gasteiger partial charge in [0.2, 0.25) is 0 Å². The molecule has 0 aliphatic carbocycles. The van der Waals surface area contributed by atoms with Crippen molar-refractivity contribution >= 4 is 33.9 Å². The Morgan fingerprint density at radius 1 is 1.29 bits per heavy atom. The third-order valence-electron chi connectivity index (χ3n) is 2.71. The fourth-order valence-corrected chi connectivity index (χ4v) is 2.45. The summed E-state index contributed by atoms with van der Waals surface area (Å²) < 4.78 is 0. The van der Waals surface area contributed by atoms with E-state index in [0.717, 1.165) is 11.3 Å². The van der Waals surface area contributed by atoms with Gasteiger partial charge in [0.15, 0.2) is 0 Å². The van der Waals surface area contributed by atoms with Crippen LogP contribution in [-0.2, 0) is 0 Å². The second-order valence-corrected chi connectivity index (χ2v) is 5.27. The lowest BCUT2D eigenvalue weighted by Crippen LogP contribution is -2.11. The van der Waals surface area contributed by atoms with Gasteiger partial charge in [0, 0.05) is 17.2 Å². The van der Waals surface area contributed by atoms with Crippen LogP contribution in [0, 0.1) is 17.0 Å². The Kier molecular flexibility index (Phi) is 3.99. The lowest BCUT2D eigenvalue weighted by atomic mass is 10.1. The Labute approximate surface area is 123 Å². The summed E-state index contributed by atoms with van der Waals surface area (Å²) in [4.78, 5) is 33.1. The van der Waals surface area contributed by atoms with Crippen LogP contribution >= 0.6 is 11.3 Å². The summed E-state index contributed by atoms with van der Waals surface area (Å²) in [5.41, 5.74) is 0.587. The van der Waals surface area contributed by atoms with Gasteiger partial charge in [-0.2, -0.15) is 0 Å². The average molecular weight is 306 g/mol. The summed E-state index contributed by atoms with van der Waals surface area (Å²) >= 11 is 0.937. The molecule has 2 N–H and O–H groups in total. The van der Waals surface area contributed by atoms with Crippen molar-refractivity contribution in [2.45, 2.75) is 6.92 Å². The molecular formula is C13H10N2O5S. The lowest BCUT2D eigenvalue weighted by molar-refractivity contribution is -0.385. The second kappa shape index (κ2) is 5.71. The van der Waals surface area contributed by atoms with E-state index in [1.165, 1.54) is 30.3 Å². The van der Waals surface area contributed by atoms with Crippen LogP contribution in [0.4, 0.5) is 10.7 Å². The molecule has 0 aliphatic heterocycles. The number of aryl methyl sites for hydroxylation is 1. The fraction of sp³-hybridized carbons (Fsp3) is 0.0769. The summed E-state index contributed by atoms with van der Waals surface area (Å²) in [5.74, 6) is -1.52. The zero-order chi connectivity index (χ0) is 15.6. The van der Waals surface area contributed by atoms with Crippen molar-refractivity contribution in [1.82, 2.24) is 0 Å². The standard InChI is InChI=1S/C13H10N2O5S/c1-7-6-8(2-3-9(7)15(19)20)12(16)14-11-5-4-10(21-11)13(17)18/h2-6H,1H3,(H,14,16)(H,17,18). The molecule has 1 aromatic carbocycles. The van der Waals surface area contributed by atoms with Crippen LogP contribution in [0.25, 0.3) is 0 Å². The zero-order valence-electron chi connectivity index (χ0n) is 10.8. The summed E-state index contributed by atoms with van der Waals surface area (Å²) in [5, 5.41) is 22.5. The zero-order valence-corrected chi connectivity index (χ0v) is 11.6. The number of anilines is 1. The molecule has 0 spiro atoms. The largest absolute Gasteiger partial charge is 0.477 e. The molecule has 0 saturated carbocycles. The van der Waals surface area contributed by atoms with Gasteiger partial charge in [-0.05, 0) is 31.2 Å². The van der Waals surface area contributed by atoms with Crippen LogP contribution in [-0.4, -0.2) is 21.9 Å². The van der Waals surface area contributed by atoms with E-state index in [2.05, 4.69) is 5.32 Å². The molecule has 1 heterocycles. The van der Waals surface area contributed by atoms with Gasteiger partial charge in [0.05, 0.1) is 9.92 Å². The first-order valence-electron chi connectivity index (χ1n) is 5.78. The highest BCUT2D eigenvalue weighted by Crippen LogP contribution is 2.23. The molecule has 2 aromatic rings. The summed E-state index contributed by atoms with van der Waals surface area (Å²) in [7, 11) is 0. The molecule has 0 aliphatic rings. The third kappa shape index (κ3) is 3.23. The van der Waals surface area contributed by atoms with Crippen LogP contribution in [0.2, 0.25) is 0 Å². The number of hydrogen-bond donors (Lipinski definition) is 2. The van der Waals surface area contributed by atoms with Gasteiger partial charge in [-0.1, -0.05) is 0 Å². The Bertz CT molecular complexity index is 738. The van der Waals surface area contributed by atoms with Gasteiger partial charge in [-0.25, -0.2) is 4.79 Å². The first-order valence-corrected chi connectivity index (χ1v) is 6.59. The maximum absolute atomic E-state index is 12.0. The van der Waals surface area contributed by atoms with E-state index in [9.17, 15) is 19.7 Å². The molecule has 1 aromatic heterocycles. The van der Waals surface area contributed by atoms with Gasteiger partial charge >= 0.3 is 5.97 Å². The molecule has 0 atom stereocenters. The number of nitro groups is 1. The van der Waals surface area contributed by atoms with Crippen molar-refractivity contribution in [2.24, 2.45) is 0 Å². The molecule has 7 nitrogen and oxygen atoms in total. The molecule has 0 bridgehead atoms. The quantitative estimate of drug-likeness (QED) is 0.666. The minimum Gasteiger partial charge on any atom is -0.477 e. The number of thiophene rings is 1. The first kappa shape index (κ1) is 14.7. The Morgan fingerprint density at radius 3 is 2.52 bits per heavy atom. The van der Waals surface area contributed by atoms with Crippen molar-refractivity contribution in [3.8, 4) is 0 Å². The number of nitrogens with one attached hydrogen (secondary N) is 1. The van der Waals surface area contributed by atoms with Crippen LogP contribution in [0.3, 0.4) is 0 Å². The number of nitro benzene ring substituents is 1. The maximum atomic E-state index is 12.0. The number of carbonyl (C=O) groups excluding carboxylic acids is 1. The van der Waals surface area contributed by atoms with Crippen molar-refractivity contribution in [3.05, 3.63) is 56.5 Å². The van der Waals surface area contributed by atoms with Gasteiger partial charge in [-0.3, -0.25) is 14.9 Å². The van der Waals surface area contributed by atoms with E-state index in [1.54, 1.807) is 6.92 Å². The molecule has 0 radical (unpaired) electrons. The monoisotopic (exact) mass is 306 g/mol. The van der Waals surface area contributed by atoms with Crippen molar-refractivity contribution in [3.63, 3.8) is 0 Å². The van der Waals surface area contributed by atoms with E-state index in [0.29, 0.717) is 10.6 Å². The van der Waals surface area contributed by atoms with Crippen LogP contribution in [0.5, 0.6) is 0 Å². The van der Waals surface area contributed by atoms with Crippen molar-refractivity contribution < 1.29 is 19.6 Å². The van der Waals surface area contributed by atoms with Gasteiger partial charge < -0.3 is 10.4 Å². The summed E-state index contributed by atoms with van der Waals surface area (Å²) in [6, 6.07) is 6.92. The number of rotatable bonds is 4. The molecule has 21 heavy (non-hydrogen) atoms. The van der Waals surface area contributed by atoms with Crippen molar-refractivity contribution in [1.29, 1.82) is 0 Å². The van der Waals surface area contributed by atoms with Gasteiger partial charge in [0.1, 0.15) is 4.88 Å². The van der Waals surface area contributed by atoms with Crippen LogP contribution < -0.4 is 5.32 Å². The SMILES string of the molecule is Cc1cc(C(=O)Nc2ccc(C(=O)O)s2)ccc1[N+](=O)[O-]. The molecular weight excluding hydrogens is 296 g/mol. The number of benzene rings is 1. The normalized spacial score (nSPS) is 10.1. The predicted octanol–water partition coefficient (Wildman–Crippen LogP) is 2.92. The van der Waals surface area contributed by atoms with Crippen LogP contribution in [0.15, 0.2) is 30.3 Å². The number of aromatic carboxylic acids is 1. The van der Waals surface area contributed by atoms with E-state index in [-0.39, 0.29) is 16.1 Å². The predicted molar refractivity (Wildman–Crippen MR) is 77.1 cm³/mol. The number of carbonyl (C=O) groups is 2. The highest BCUT2D eigenvalue weighted by Gasteiger charge is 2.15. The smallest absolute Gasteiger partial charge is 0.345 e. The van der Waals surface area contributed by atoms with Crippen molar-refractivity contribution in [2.75, 3.05) is 5.32 Å². The Morgan fingerprint density at radius 2 is 2.00 bits per heavy atom. The molecule has 2 rings (SSSR count).